The number of likely N-dealkylation sites (tertiary alicyclic amines) is 1. The van der Waals surface area contributed by atoms with Crippen molar-refractivity contribution in [3.8, 4) is 17.2 Å². The zero-order chi connectivity index (χ0) is 29.6. The summed E-state index contributed by atoms with van der Waals surface area (Å²) in [5.74, 6) is -0.864. The van der Waals surface area contributed by atoms with Crippen molar-refractivity contribution in [2.24, 2.45) is 5.92 Å². The maximum absolute atomic E-state index is 13.0. The maximum atomic E-state index is 13.0. The van der Waals surface area contributed by atoms with Crippen molar-refractivity contribution in [1.29, 1.82) is 0 Å². The summed E-state index contributed by atoms with van der Waals surface area (Å²) < 4.78 is 21.5. The lowest BCUT2D eigenvalue weighted by molar-refractivity contribution is -0.143. The quantitative estimate of drug-likeness (QED) is 0.265. The summed E-state index contributed by atoms with van der Waals surface area (Å²) >= 11 is 0. The first kappa shape index (κ1) is 28.9. The topological polar surface area (TPSA) is 115 Å². The molecule has 10 nitrogen and oxygen atoms in total. The van der Waals surface area contributed by atoms with Crippen LogP contribution in [0.3, 0.4) is 0 Å². The second-order valence-electron chi connectivity index (χ2n) is 10.3. The van der Waals surface area contributed by atoms with Crippen molar-refractivity contribution in [2.45, 2.75) is 25.3 Å². The Labute approximate surface area is 244 Å². The van der Waals surface area contributed by atoms with Gasteiger partial charge < -0.3 is 29.0 Å². The van der Waals surface area contributed by atoms with Crippen LogP contribution in [0.25, 0.3) is 0 Å². The van der Waals surface area contributed by atoms with Crippen LogP contribution < -0.4 is 14.2 Å². The summed E-state index contributed by atoms with van der Waals surface area (Å²) in [4.78, 5) is 42.0. The third kappa shape index (κ3) is 6.18. The molecule has 0 saturated carbocycles. The normalized spacial score (nSPS) is 19.3. The Morgan fingerprint density at radius 2 is 1.67 bits per heavy atom. The van der Waals surface area contributed by atoms with E-state index in [1.54, 1.807) is 37.4 Å². The molecule has 0 spiro atoms. The summed E-state index contributed by atoms with van der Waals surface area (Å²) in [6.07, 6.45) is -0.0679. The summed E-state index contributed by atoms with van der Waals surface area (Å²) in [6.45, 7) is 3.51. The van der Waals surface area contributed by atoms with Gasteiger partial charge in [0.2, 0.25) is 6.79 Å². The number of fused-ring (bicyclic) bond motifs is 1. The Hall–Kier alpha value is -4.57. The van der Waals surface area contributed by atoms with Gasteiger partial charge >= 0.3 is 18.0 Å². The van der Waals surface area contributed by atoms with Crippen molar-refractivity contribution < 1.29 is 38.4 Å². The second kappa shape index (κ2) is 12.9. The van der Waals surface area contributed by atoms with E-state index in [-0.39, 0.29) is 24.8 Å². The van der Waals surface area contributed by atoms with E-state index in [1.807, 2.05) is 49.4 Å². The number of carbonyl (C=O) groups excluding carboxylic acids is 2. The van der Waals surface area contributed by atoms with Crippen LogP contribution in [0.4, 0.5) is 4.79 Å². The zero-order valence-electron chi connectivity index (χ0n) is 23.6. The maximum Gasteiger partial charge on any atom is 0.417 e. The van der Waals surface area contributed by atoms with Gasteiger partial charge in [0.15, 0.2) is 11.5 Å². The van der Waals surface area contributed by atoms with E-state index in [1.165, 1.54) is 4.90 Å². The summed E-state index contributed by atoms with van der Waals surface area (Å²) in [7, 11) is 1.58. The molecule has 1 fully saturated rings. The molecule has 220 valence electrons. The highest BCUT2D eigenvalue weighted by Crippen LogP contribution is 2.47. The number of benzene rings is 3. The molecule has 2 aliphatic rings. The monoisotopic (exact) mass is 574 g/mol. The zero-order valence-corrected chi connectivity index (χ0v) is 23.6. The predicted molar refractivity (Wildman–Crippen MR) is 153 cm³/mol. The standard InChI is InChI=1S/C32H34N2O8/c1-3-15-33(32(38)42-31(37)22-7-5-4-6-8-22)16-17-34-19-25(23-11-14-26-27(18-23)41-20-40-26)28(30(35)36)29(34)21-9-12-24(39-2)13-10-21/h4-14,18,25,28-29H,3,15-17,19-20H2,1-2H3,(H,35,36). The van der Waals surface area contributed by atoms with Gasteiger partial charge in [-0.2, -0.15) is 0 Å². The molecule has 3 aromatic carbocycles. The highest BCUT2D eigenvalue weighted by atomic mass is 16.7. The lowest BCUT2D eigenvalue weighted by Gasteiger charge is -2.30. The predicted octanol–water partition coefficient (Wildman–Crippen LogP) is 4.95. The van der Waals surface area contributed by atoms with Crippen LogP contribution in [-0.4, -0.2) is 73.0 Å². The molecule has 1 N–H and O–H groups in total. The van der Waals surface area contributed by atoms with E-state index < -0.39 is 30.0 Å². The van der Waals surface area contributed by atoms with Gasteiger partial charge in [0.25, 0.3) is 0 Å². The van der Waals surface area contributed by atoms with Crippen LogP contribution in [0.15, 0.2) is 72.8 Å². The molecule has 0 aromatic heterocycles. The largest absolute Gasteiger partial charge is 0.497 e. The first-order chi connectivity index (χ1) is 20.4. The summed E-state index contributed by atoms with van der Waals surface area (Å²) in [5, 5.41) is 10.5. The third-order valence-electron chi connectivity index (χ3n) is 7.76. The van der Waals surface area contributed by atoms with E-state index >= 15 is 0 Å². The van der Waals surface area contributed by atoms with Gasteiger partial charge in [0, 0.05) is 38.1 Å². The van der Waals surface area contributed by atoms with Gasteiger partial charge in [-0.15, -0.1) is 0 Å². The molecule has 2 heterocycles. The number of carboxylic acids is 1. The summed E-state index contributed by atoms with van der Waals surface area (Å²) in [5.41, 5.74) is 1.96. The number of amides is 1. The van der Waals surface area contributed by atoms with E-state index in [2.05, 4.69) is 4.90 Å². The minimum atomic E-state index is -0.917. The van der Waals surface area contributed by atoms with Gasteiger partial charge in [0.05, 0.1) is 18.6 Å². The molecule has 3 unspecified atom stereocenters. The Kier molecular flexibility index (Phi) is 8.92. The van der Waals surface area contributed by atoms with Crippen molar-refractivity contribution in [3.63, 3.8) is 0 Å². The lowest BCUT2D eigenvalue weighted by Crippen LogP contribution is -2.40. The second-order valence-corrected chi connectivity index (χ2v) is 10.3. The fourth-order valence-electron chi connectivity index (χ4n) is 5.73. The Bertz CT molecular complexity index is 1410. The molecule has 3 atom stereocenters. The minimum absolute atomic E-state index is 0.128. The van der Waals surface area contributed by atoms with E-state index in [0.717, 1.165) is 11.1 Å². The molecule has 2 aliphatic heterocycles. The van der Waals surface area contributed by atoms with E-state index in [4.69, 9.17) is 18.9 Å². The molecule has 1 amide bonds. The lowest BCUT2D eigenvalue weighted by atomic mass is 9.82. The van der Waals surface area contributed by atoms with Crippen molar-refractivity contribution >= 4 is 18.0 Å². The van der Waals surface area contributed by atoms with Gasteiger partial charge in [-0.25, -0.2) is 9.59 Å². The fraction of sp³-hybridized carbons (Fsp3) is 0.344. The van der Waals surface area contributed by atoms with Gasteiger partial charge in [-0.1, -0.05) is 43.3 Å². The molecule has 5 rings (SSSR count). The molecule has 0 radical (unpaired) electrons. The number of aliphatic carboxylic acids is 1. The minimum Gasteiger partial charge on any atom is -0.497 e. The van der Waals surface area contributed by atoms with Crippen LogP contribution in [0.1, 0.15) is 46.8 Å². The van der Waals surface area contributed by atoms with Gasteiger partial charge in [-0.05, 0) is 53.9 Å². The number of hydrogen-bond acceptors (Lipinski definition) is 8. The smallest absolute Gasteiger partial charge is 0.417 e. The molecular weight excluding hydrogens is 540 g/mol. The van der Waals surface area contributed by atoms with Crippen LogP contribution in [0.5, 0.6) is 17.2 Å². The van der Waals surface area contributed by atoms with Crippen molar-refractivity contribution in [1.82, 2.24) is 9.80 Å². The highest BCUT2D eigenvalue weighted by Gasteiger charge is 2.47. The van der Waals surface area contributed by atoms with Crippen LogP contribution in [0, 0.1) is 5.92 Å². The summed E-state index contributed by atoms with van der Waals surface area (Å²) in [6, 6.07) is 20.8. The molecular formula is C32H34N2O8. The molecule has 0 bridgehead atoms. The molecule has 42 heavy (non-hydrogen) atoms. The SMILES string of the molecule is CCCN(CCN1CC(c2ccc3c(c2)OCO3)C(C(=O)O)C1c1ccc(OC)cc1)C(=O)OC(=O)c1ccccc1. The number of esters is 1. The molecule has 0 aliphatic carbocycles. The average molecular weight is 575 g/mol. The Morgan fingerprint density at radius 1 is 0.952 bits per heavy atom. The van der Waals surface area contributed by atoms with Gasteiger partial charge in [0.1, 0.15) is 5.75 Å². The number of carbonyl (C=O) groups is 3. The Morgan fingerprint density at radius 3 is 2.36 bits per heavy atom. The molecule has 10 heteroatoms. The fourth-order valence-corrected chi connectivity index (χ4v) is 5.73. The van der Waals surface area contributed by atoms with Crippen LogP contribution >= 0.6 is 0 Å². The molecule has 3 aromatic rings. The number of ether oxygens (including phenoxy) is 4. The number of hydrogen-bond donors (Lipinski definition) is 1. The number of methoxy groups -OCH3 is 1. The van der Waals surface area contributed by atoms with Crippen LogP contribution in [0.2, 0.25) is 0 Å². The molecule has 1 saturated heterocycles. The first-order valence-corrected chi connectivity index (χ1v) is 14.0. The number of rotatable bonds is 10. The first-order valence-electron chi connectivity index (χ1n) is 14.0. The number of carboxylic acid groups (broad SMARTS) is 1. The third-order valence-corrected chi connectivity index (χ3v) is 7.76. The van der Waals surface area contributed by atoms with Crippen molar-refractivity contribution in [2.75, 3.05) is 40.1 Å². The number of nitrogens with zero attached hydrogens (tertiary/aromatic N) is 2. The Balaban J connectivity index is 1.40. The average Bonchev–Trinajstić information content (AvgIpc) is 3.64. The van der Waals surface area contributed by atoms with Crippen LogP contribution in [-0.2, 0) is 9.53 Å². The van der Waals surface area contributed by atoms with E-state index in [0.29, 0.717) is 43.3 Å². The van der Waals surface area contributed by atoms with Crippen molar-refractivity contribution in [3.05, 3.63) is 89.5 Å². The highest BCUT2D eigenvalue weighted by molar-refractivity contribution is 5.96. The van der Waals surface area contributed by atoms with E-state index in [9.17, 15) is 19.5 Å². The van der Waals surface area contributed by atoms with Gasteiger partial charge in [-0.3, -0.25) is 9.69 Å².